The van der Waals surface area contributed by atoms with Gasteiger partial charge in [0.05, 0.1) is 0 Å². The third-order valence-electron chi connectivity index (χ3n) is 3.27. The molecular weight excluding hydrogens is 198 g/mol. The highest BCUT2D eigenvalue weighted by atomic mass is 15.1. The molecule has 1 heterocycles. The molecule has 4 N–H and O–H groups in total. The van der Waals surface area contributed by atoms with Crippen LogP contribution in [0.5, 0.6) is 0 Å². The van der Waals surface area contributed by atoms with Crippen LogP contribution in [0.2, 0.25) is 0 Å². The summed E-state index contributed by atoms with van der Waals surface area (Å²) in [5.41, 5.74) is 15.5. The Morgan fingerprint density at radius 1 is 1.44 bits per heavy atom. The van der Waals surface area contributed by atoms with Gasteiger partial charge < -0.3 is 16.4 Å². The van der Waals surface area contributed by atoms with Gasteiger partial charge in [0.25, 0.3) is 0 Å². The Kier molecular flexibility index (Phi) is 3.46. The monoisotopic (exact) mass is 219 g/mol. The van der Waals surface area contributed by atoms with Crippen LogP contribution in [-0.2, 0) is 6.42 Å². The van der Waals surface area contributed by atoms with E-state index in [0.717, 1.165) is 19.5 Å². The van der Waals surface area contributed by atoms with Gasteiger partial charge in [-0.3, -0.25) is 0 Å². The Labute approximate surface area is 97.4 Å². The second kappa shape index (κ2) is 4.85. The highest BCUT2D eigenvalue weighted by Crippen LogP contribution is 2.29. The lowest BCUT2D eigenvalue weighted by atomic mass is 10.0. The molecule has 3 nitrogen and oxygen atoms in total. The van der Waals surface area contributed by atoms with E-state index in [-0.39, 0.29) is 6.04 Å². The third kappa shape index (κ3) is 2.06. The summed E-state index contributed by atoms with van der Waals surface area (Å²) in [6.07, 6.45) is 2.34. The molecule has 0 amide bonds. The fourth-order valence-electron chi connectivity index (χ4n) is 2.36. The van der Waals surface area contributed by atoms with Gasteiger partial charge in [0, 0.05) is 31.4 Å². The predicted octanol–water partition coefficient (Wildman–Crippen LogP) is 1.42. The Balaban J connectivity index is 2.22. The van der Waals surface area contributed by atoms with Crippen LogP contribution >= 0.6 is 0 Å². The van der Waals surface area contributed by atoms with Crippen molar-refractivity contribution in [2.75, 3.05) is 24.5 Å². The number of anilines is 1. The zero-order valence-corrected chi connectivity index (χ0v) is 9.95. The molecule has 0 unspecified atom stereocenters. The lowest BCUT2D eigenvalue weighted by Crippen LogP contribution is -2.21. The number of hydrogen-bond acceptors (Lipinski definition) is 3. The van der Waals surface area contributed by atoms with Gasteiger partial charge in [0.1, 0.15) is 0 Å². The van der Waals surface area contributed by atoms with Crippen LogP contribution in [0, 0.1) is 0 Å². The van der Waals surface area contributed by atoms with Crippen molar-refractivity contribution in [3.63, 3.8) is 0 Å². The lowest BCUT2D eigenvalue weighted by molar-refractivity contribution is 0.736. The van der Waals surface area contributed by atoms with E-state index >= 15 is 0 Å². The van der Waals surface area contributed by atoms with E-state index in [1.165, 1.54) is 23.2 Å². The van der Waals surface area contributed by atoms with Crippen LogP contribution < -0.4 is 16.4 Å². The van der Waals surface area contributed by atoms with Gasteiger partial charge in [-0.1, -0.05) is 19.1 Å². The molecule has 0 bridgehead atoms. The van der Waals surface area contributed by atoms with E-state index in [4.69, 9.17) is 11.5 Å². The minimum atomic E-state index is -0.0227. The summed E-state index contributed by atoms with van der Waals surface area (Å²) >= 11 is 0. The van der Waals surface area contributed by atoms with Crippen molar-refractivity contribution in [3.05, 3.63) is 29.3 Å². The maximum absolute atomic E-state index is 5.94. The average molecular weight is 219 g/mol. The number of fused-ring (bicyclic) bond motifs is 1. The van der Waals surface area contributed by atoms with Crippen molar-refractivity contribution in [1.82, 2.24) is 0 Å². The van der Waals surface area contributed by atoms with Crippen molar-refractivity contribution < 1.29 is 0 Å². The minimum Gasteiger partial charge on any atom is -0.371 e. The van der Waals surface area contributed by atoms with E-state index in [1.54, 1.807) is 0 Å². The first-order chi connectivity index (χ1) is 7.76. The van der Waals surface area contributed by atoms with E-state index < -0.39 is 0 Å². The Bertz CT molecular complexity index is 362. The SMILES string of the molecule is CCCN1CCc2cc([C@@H](N)CN)ccc21. The van der Waals surface area contributed by atoms with Crippen LogP contribution in [0.3, 0.4) is 0 Å². The zero-order chi connectivity index (χ0) is 11.5. The summed E-state index contributed by atoms with van der Waals surface area (Å²) in [7, 11) is 0. The van der Waals surface area contributed by atoms with Crippen molar-refractivity contribution in [1.29, 1.82) is 0 Å². The molecule has 3 heteroatoms. The van der Waals surface area contributed by atoms with E-state index in [1.807, 2.05) is 0 Å². The summed E-state index contributed by atoms with van der Waals surface area (Å²) in [5, 5.41) is 0. The van der Waals surface area contributed by atoms with Crippen LogP contribution in [0.1, 0.15) is 30.5 Å². The van der Waals surface area contributed by atoms with Crippen LogP contribution in [0.25, 0.3) is 0 Å². The van der Waals surface area contributed by atoms with Crippen LogP contribution in [-0.4, -0.2) is 19.6 Å². The maximum Gasteiger partial charge on any atom is 0.0419 e. The highest BCUT2D eigenvalue weighted by Gasteiger charge is 2.19. The van der Waals surface area contributed by atoms with E-state index in [0.29, 0.717) is 6.54 Å². The largest absolute Gasteiger partial charge is 0.371 e. The second-order valence-corrected chi connectivity index (χ2v) is 4.47. The van der Waals surface area contributed by atoms with Gasteiger partial charge in [0.2, 0.25) is 0 Å². The van der Waals surface area contributed by atoms with Gasteiger partial charge in [-0.05, 0) is 30.0 Å². The topological polar surface area (TPSA) is 55.3 Å². The number of rotatable bonds is 4. The zero-order valence-electron chi connectivity index (χ0n) is 9.95. The Hall–Kier alpha value is -1.06. The molecule has 0 radical (unpaired) electrons. The Morgan fingerprint density at radius 3 is 2.94 bits per heavy atom. The van der Waals surface area contributed by atoms with Crippen LogP contribution in [0.4, 0.5) is 5.69 Å². The highest BCUT2D eigenvalue weighted by molar-refractivity contribution is 5.59. The molecule has 0 spiro atoms. The molecule has 1 aromatic rings. The quantitative estimate of drug-likeness (QED) is 0.805. The van der Waals surface area contributed by atoms with E-state index in [2.05, 4.69) is 30.0 Å². The molecule has 1 atom stereocenters. The lowest BCUT2D eigenvalue weighted by Gasteiger charge is -2.19. The smallest absolute Gasteiger partial charge is 0.0419 e. The molecule has 0 aromatic heterocycles. The molecule has 88 valence electrons. The molecule has 0 fully saturated rings. The minimum absolute atomic E-state index is 0.0227. The van der Waals surface area contributed by atoms with Gasteiger partial charge in [0.15, 0.2) is 0 Å². The first-order valence-electron chi connectivity index (χ1n) is 6.09. The summed E-state index contributed by atoms with van der Waals surface area (Å²) in [5.74, 6) is 0. The summed E-state index contributed by atoms with van der Waals surface area (Å²) in [4.78, 5) is 2.45. The molecule has 1 aliphatic rings. The molecule has 1 aliphatic heterocycles. The standard InChI is InChI=1S/C13H21N3/c1-2-6-16-7-5-11-8-10(12(15)9-14)3-4-13(11)16/h3-4,8,12H,2,5-7,9,14-15H2,1H3/t12-/m0/s1. The molecule has 1 aromatic carbocycles. The average Bonchev–Trinajstić information content (AvgIpc) is 2.71. The normalized spacial score (nSPS) is 16.3. The van der Waals surface area contributed by atoms with Crippen molar-refractivity contribution >= 4 is 5.69 Å². The number of benzene rings is 1. The number of nitrogens with zero attached hydrogens (tertiary/aromatic N) is 1. The molecule has 2 rings (SSSR count). The fourth-order valence-corrected chi connectivity index (χ4v) is 2.36. The number of hydrogen-bond donors (Lipinski definition) is 2. The predicted molar refractivity (Wildman–Crippen MR) is 68.6 cm³/mol. The van der Waals surface area contributed by atoms with Gasteiger partial charge >= 0.3 is 0 Å². The summed E-state index contributed by atoms with van der Waals surface area (Å²) < 4.78 is 0. The summed E-state index contributed by atoms with van der Waals surface area (Å²) in [6, 6.07) is 6.51. The van der Waals surface area contributed by atoms with Gasteiger partial charge in [-0.15, -0.1) is 0 Å². The summed E-state index contributed by atoms with van der Waals surface area (Å²) in [6.45, 7) is 5.02. The number of nitrogens with two attached hydrogens (primary N) is 2. The molecule has 16 heavy (non-hydrogen) atoms. The molecule has 0 saturated carbocycles. The molecular formula is C13H21N3. The Morgan fingerprint density at radius 2 is 2.25 bits per heavy atom. The molecule has 0 saturated heterocycles. The van der Waals surface area contributed by atoms with E-state index in [9.17, 15) is 0 Å². The second-order valence-electron chi connectivity index (χ2n) is 4.47. The van der Waals surface area contributed by atoms with Crippen molar-refractivity contribution in [3.8, 4) is 0 Å². The maximum atomic E-state index is 5.94. The third-order valence-corrected chi connectivity index (χ3v) is 3.27. The van der Waals surface area contributed by atoms with Crippen molar-refractivity contribution in [2.45, 2.75) is 25.8 Å². The first-order valence-corrected chi connectivity index (χ1v) is 6.09. The fraction of sp³-hybridized carbons (Fsp3) is 0.538. The first kappa shape index (κ1) is 11.4. The van der Waals surface area contributed by atoms with Crippen molar-refractivity contribution in [2.24, 2.45) is 11.5 Å². The van der Waals surface area contributed by atoms with Crippen LogP contribution in [0.15, 0.2) is 18.2 Å². The molecule has 0 aliphatic carbocycles. The van der Waals surface area contributed by atoms with Gasteiger partial charge in [-0.25, -0.2) is 0 Å². The van der Waals surface area contributed by atoms with Gasteiger partial charge in [-0.2, -0.15) is 0 Å².